The average Bonchev–Trinajstić information content (AvgIpc) is 3.20. The Hall–Kier alpha value is -2.37. The monoisotopic (exact) mass is 353 g/mol. The molecule has 0 unspecified atom stereocenters. The Bertz CT molecular complexity index is 675. The third-order valence-corrected chi connectivity index (χ3v) is 4.63. The summed E-state index contributed by atoms with van der Waals surface area (Å²) in [4.78, 5) is 16.7. The molecule has 1 N–H and O–H groups in total. The molecule has 3 rings (SSSR count). The summed E-state index contributed by atoms with van der Waals surface area (Å²) in [6, 6.07) is 14.1. The molecule has 0 atom stereocenters. The lowest BCUT2D eigenvalue weighted by molar-refractivity contribution is -0.121. The van der Waals surface area contributed by atoms with E-state index in [1.54, 1.807) is 6.26 Å². The van der Waals surface area contributed by atoms with Crippen molar-refractivity contribution in [3.05, 3.63) is 66.1 Å². The number of benzene rings is 1. The molecule has 1 aromatic heterocycles. The van der Waals surface area contributed by atoms with Crippen molar-refractivity contribution < 1.29 is 9.21 Å². The Morgan fingerprint density at radius 3 is 2.54 bits per heavy atom. The van der Waals surface area contributed by atoms with E-state index in [2.05, 4.69) is 51.5 Å². The maximum Gasteiger partial charge on any atom is 0.221 e. The SMILES string of the molecule is O=C(CCN1CCN(C/C=C/c2ccccc2)CC1)NCc1ccco1. The van der Waals surface area contributed by atoms with Crippen molar-refractivity contribution in [1.82, 2.24) is 15.1 Å². The summed E-state index contributed by atoms with van der Waals surface area (Å²) in [6.45, 7) is 6.40. The number of nitrogens with zero attached hydrogens (tertiary/aromatic N) is 2. The van der Waals surface area contributed by atoms with Crippen molar-refractivity contribution in [3.63, 3.8) is 0 Å². The van der Waals surface area contributed by atoms with Crippen LogP contribution in [0.3, 0.4) is 0 Å². The minimum atomic E-state index is 0.0784. The molecular formula is C21H27N3O2. The summed E-state index contributed by atoms with van der Waals surface area (Å²) >= 11 is 0. The third-order valence-electron chi connectivity index (χ3n) is 4.63. The molecule has 5 heteroatoms. The highest BCUT2D eigenvalue weighted by Gasteiger charge is 2.16. The summed E-state index contributed by atoms with van der Waals surface area (Å²) < 4.78 is 5.21. The molecule has 1 amide bonds. The van der Waals surface area contributed by atoms with E-state index in [9.17, 15) is 4.79 Å². The van der Waals surface area contributed by atoms with Crippen molar-refractivity contribution >= 4 is 12.0 Å². The maximum atomic E-state index is 11.9. The van der Waals surface area contributed by atoms with Crippen LogP contribution in [0.15, 0.2) is 59.2 Å². The van der Waals surface area contributed by atoms with E-state index >= 15 is 0 Å². The number of piperazine rings is 1. The zero-order valence-electron chi connectivity index (χ0n) is 15.1. The van der Waals surface area contributed by atoms with Gasteiger partial charge < -0.3 is 14.6 Å². The van der Waals surface area contributed by atoms with Gasteiger partial charge in [0.15, 0.2) is 0 Å². The topological polar surface area (TPSA) is 48.7 Å². The van der Waals surface area contributed by atoms with Gasteiger partial charge in [-0.25, -0.2) is 0 Å². The number of carbonyl (C=O) groups is 1. The van der Waals surface area contributed by atoms with Gasteiger partial charge in [0, 0.05) is 45.7 Å². The van der Waals surface area contributed by atoms with E-state index in [-0.39, 0.29) is 5.91 Å². The lowest BCUT2D eigenvalue weighted by Crippen LogP contribution is -2.47. The first kappa shape index (κ1) is 18.4. The second kappa shape index (κ2) is 9.94. The van der Waals surface area contributed by atoms with Crippen molar-refractivity contribution in [2.45, 2.75) is 13.0 Å². The van der Waals surface area contributed by atoms with Gasteiger partial charge in [-0.2, -0.15) is 0 Å². The number of hydrogen-bond donors (Lipinski definition) is 1. The molecule has 1 aromatic carbocycles. The first-order valence-electron chi connectivity index (χ1n) is 9.25. The van der Waals surface area contributed by atoms with Gasteiger partial charge in [-0.05, 0) is 17.7 Å². The molecule has 1 saturated heterocycles. The summed E-state index contributed by atoms with van der Waals surface area (Å²) in [6.07, 6.45) is 6.56. The van der Waals surface area contributed by atoms with Crippen molar-refractivity contribution in [3.8, 4) is 0 Å². The van der Waals surface area contributed by atoms with Crippen LogP contribution in [0.5, 0.6) is 0 Å². The number of nitrogens with one attached hydrogen (secondary N) is 1. The van der Waals surface area contributed by atoms with E-state index in [1.807, 2.05) is 18.2 Å². The molecule has 1 aliphatic rings. The van der Waals surface area contributed by atoms with Crippen LogP contribution in [0.25, 0.3) is 6.08 Å². The molecule has 0 saturated carbocycles. The zero-order valence-corrected chi connectivity index (χ0v) is 15.1. The van der Waals surface area contributed by atoms with Gasteiger partial charge in [-0.1, -0.05) is 42.5 Å². The van der Waals surface area contributed by atoms with Gasteiger partial charge in [0.25, 0.3) is 0 Å². The van der Waals surface area contributed by atoms with Crippen molar-refractivity contribution in [2.24, 2.45) is 0 Å². The minimum Gasteiger partial charge on any atom is -0.467 e. The molecule has 1 aliphatic heterocycles. The number of furan rings is 1. The first-order valence-corrected chi connectivity index (χ1v) is 9.25. The van der Waals surface area contributed by atoms with E-state index in [1.165, 1.54) is 5.56 Å². The third kappa shape index (κ3) is 6.17. The summed E-state index contributed by atoms with van der Waals surface area (Å²) in [7, 11) is 0. The number of carbonyl (C=O) groups excluding carboxylic acids is 1. The van der Waals surface area contributed by atoms with E-state index in [0.29, 0.717) is 13.0 Å². The Balaban J connectivity index is 1.28. The molecule has 0 spiro atoms. The van der Waals surface area contributed by atoms with E-state index < -0.39 is 0 Å². The van der Waals surface area contributed by atoms with Gasteiger partial charge in [0.2, 0.25) is 5.91 Å². The molecule has 2 heterocycles. The standard InChI is InChI=1S/C21H27N3O2/c25-21(22-18-20-9-5-17-26-20)10-12-24-15-13-23(14-16-24)11-4-8-19-6-2-1-3-7-19/h1-9,17H,10-16,18H2,(H,22,25)/b8-4+. The molecule has 0 radical (unpaired) electrons. The number of amides is 1. The van der Waals surface area contributed by atoms with Gasteiger partial charge in [0.1, 0.15) is 5.76 Å². The molecule has 26 heavy (non-hydrogen) atoms. The smallest absolute Gasteiger partial charge is 0.221 e. The Labute approximate surface area is 155 Å². The van der Waals surface area contributed by atoms with Crippen molar-refractivity contribution in [1.29, 1.82) is 0 Å². The van der Waals surface area contributed by atoms with Gasteiger partial charge in [0.05, 0.1) is 12.8 Å². The largest absolute Gasteiger partial charge is 0.467 e. The lowest BCUT2D eigenvalue weighted by Gasteiger charge is -2.33. The molecule has 2 aromatic rings. The second-order valence-electron chi connectivity index (χ2n) is 6.56. The fraction of sp³-hybridized carbons (Fsp3) is 0.381. The number of hydrogen-bond acceptors (Lipinski definition) is 4. The highest BCUT2D eigenvalue weighted by Crippen LogP contribution is 2.05. The Kier molecular flexibility index (Phi) is 7.05. The molecular weight excluding hydrogens is 326 g/mol. The molecule has 1 fully saturated rings. The summed E-state index contributed by atoms with van der Waals surface area (Å²) in [5, 5.41) is 2.90. The average molecular weight is 353 g/mol. The van der Waals surface area contributed by atoms with Gasteiger partial charge in [-0.3, -0.25) is 9.69 Å². The quantitative estimate of drug-likeness (QED) is 0.793. The van der Waals surface area contributed by atoms with Crippen LogP contribution in [0.2, 0.25) is 0 Å². The highest BCUT2D eigenvalue weighted by molar-refractivity contribution is 5.75. The van der Waals surface area contributed by atoms with Crippen LogP contribution in [0.4, 0.5) is 0 Å². The fourth-order valence-corrected chi connectivity index (χ4v) is 3.04. The molecule has 138 valence electrons. The normalized spacial score (nSPS) is 16.2. The maximum absolute atomic E-state index is 11.9. The van der Waals surface area contributed by atoms with Crippen LogP contribution < -0.4 is 5.32 Å². The summed E-state index contributed by atoms with van der Waals surface area (Å²) in [5.41, 5.74) is 1.24. The zero-order chi connectivity index (χ0) is 18.0. The van der Waals surface area contributed by atoms with Crippen LogP contribution in [0, 0.1) is 0 Å². The Morgan fingerprint density at radius 2 is 1.81 bits per heavy atom. The number of rotatable bonds is 8. The minimum absolute atomic E-state index is 0.0784. The predicted octanol–water partition coefficient (Wildman–Crippen LogP) is 2.62. The van der Waals surface area contributed by atoms with Crippen LogP contribution in [0.1, 0.15) is 17.7 Å². The predicted molar refractivity (Wildman–Crippen MR) is 104 cm³/mol. The van der Waals surface area contributed by atoms with Crippen molar-refractivity contribution in [2.75, 3.05) is 39.3 Å². The van der Waals surface area contributed by atoms with Gasteiger partial charge in [-0.15, -0.1) is 0 Å². The van der Waals surface area contributed by atoms with Crippen LogP contribution in [-0.4, -0.2) is 55.0 Å². The van der Waals surface area contributed by atoms with Crippen LogP contribution >= 0.6 is 0 Å². The highest BCUT2D eigenvalue weighted by atomic mass is 16.3. The molecule has 0 bridgehead atoms. The fourth-order valence-electron chi connectivity index (χ4n) is 3.04. The lowest BCUT2D eigenvalue weighted by atomic mass is 10.2. The van der Waals surface area contributed by atoms with E-state index in [0.717, 1.165) is 45.0 Å². The molecule has 5 nitrogen and oxygen atoms in total. The molecule has 0 aliphatic carbocycles. The second-order valence-corrected chi connectivity index (χ2v) is 6.56. The summed E-state index contributed by atoms with van der Waals surface area (Å²) in [5.74, 6) is 0.866. The Morgan fingerprint density at radius 1 is 1.04 bits per heavy atom. The van der Waals surface area contributed by atoms with E-state index in [4.69, 9.17) is 4.42 Å². The first-order chi connectivity index (χ1) is 12.8. The van der Waals surface area contributed by atoms with Gasteiger partial charge >= 0.3 is 0 Å². The van der Waals surface area contributed by atoms with Crippen LogP contribution in [-0.2, 0) is 11.3 Å².